The molecule has 4 heteroatoms. The molecule has 0 fully saturated rings. The zero-order chi connectivity index (χ0) is 9.68. The molecule has 1 aromatic carbocycles. The second kappa shape index (κ2) is 5.06. The average molecular weight is 291 g/mol. The fourth-order valence-electron chi connectivity index (χ4n) is 1.01. The Labute approximate surface area is 90.3 Å². The van der Waals surface area contributed by atoms with E-state index in [1.54, 1.807) is 0 Å². The smallest absolute Gasteiger partial charge is 0.404 e. The summed E-state index contributed by atoms with van der Waals surface area (Å²) in [7, 11) is 0. The Morgan fingerprint density at radius 2 is 2.31 bits per heavy atom. The quantitative estimate of drug-likeness (QED) is 0.838. The highest BCUT2D eigenvalue weighted by Crippen LogP contribution is 2.07. The van der Waals surface area contributed by atoms with Crippen LogP contribution in [0.5, 0.6) is 0 Å². The highest BCUT2D eigenvalue weighted by atomic mass is 127. The monoisotopic (exact) mass is 291 g/mol. The minimum Gasteiger partial charge on any atom is -0.465 e. The van der Waals surface area contributed by atoms with E-state index in [0.717, 1.165) is 12.0 Å². The third kappa shape index (κ3) is 4.12. The minimum atomic E-state index is -0.967. The molecule has 0 saturated heterocycles. The lowest BCUT2D eigenvalue weighted by Crippen LogP contribution is -2.23. The van der Waals surface area contributed by atoms with Gasteiger partial charge in [0.05, 0.1) is 0 Å². The summed E-state index contributed by atoms with van der Waals surface area (Å²) in [6.45, 7) is 0.468. The molecule has 13 heavy (non-hydrogen) atoms. The van der Waals surface area contributed by atoms with E-state index in [0.29, 0.717) is 6.54 Å². The third-order valence-electron chi connectivity index (χ3n) is 1.58. The molecule has 0 unspecified atom stereocenters. The van der Waals surface area contributed by atoms with E-state index in [1.807, 2.05) is 24.3 Å². The van der Waals surface area contributed by atoms with Crippen molar-refractivity contribution in [1.82, 2.24) is 5.32 Å². The van der Waals surface area contributed by atoms with Crippen LogP contribution in [0.15, 0.2) is 24.3 Å². The predicted molar refractivity (Wildman–Crippen MR) is 58.9 cm³/mol. The summed E-state index contributed by atoms with van der Waals surface area (Å²) in [5.41, 5.74) is 1.15. The molecule has 0 aliphatic heterocycles. The molecule has 0 spiro atoms. The number of benzene rings is 1. The molecule has 1 amide bonds. The van der Waals surface area contributed by atoms with Crippen LogP contribution in [0.4, 0.5) is 4.79 Å². The van der Waals surface area contributed by atoms with Crippen molar-refractivity contribution in [2.24, 2.45) is 0 Å². The van der Waals surface area contributed by atoms with Crippen LogP contribution in [-0.4, -0.2) is 17.7 Å². The van der Waals surface area contributed by atoms with Gasteiger partial charge in [0, 0.05) is 10.1 Å². The lowest BCUT2D eigenvalue weighted by Gasteiger charge is -2.01. The number of halogens is 1. The van der Waals surface area contributed by atoms with Gasteiger partial charge in [0.25, 0.3) is 0 Å². The van der Waals surface area contributed by atoms with Gasteiger partial charge in [-0.15, -0.1) is 0 Å². The highest BCUT2D eigenvalue weighted by Gasteiger charge is 1.96. The summed E-state index contributed by atoms with van der Waals surface area (Å²) in [4.78, 5) is 10.1. The first kappa shape index (κ1) is 10.3. The molecular formula is C9H10INO2. The molecule has 0 aliphatic rings. The van der Waals surface area contributed by atoms with Crippen LogP contribution in [-0.2, 0) is 6.42 Å². The number of hydrogen-bond acceptors (Lipinski definition) is 1. The molecule has 0 aromatic heterocycles. The van der Waals surface area contributed by atoms with Crippen LogP contribution in [0.1, 0.15) is 5.56 Å². The van der Waals surface area contributed by atoms with E-state index in [2.05, 4.69) is 27.9 Å². The van der Waals surface area contributed by atoms with Crippen molar-refractivity contribution in [1.29, 1.82) is 0 Å². The molecule has 0 aliphatic carbocycles. The lowest BCUT2D eigenvalue weighted by molar-refractivity contribution is 0.194. The molecule has 0 heterocycles. The Balaban J connectivity index is 2.41. The SMILES string of the molecule is O=C(O)NCCc1cccc(I)c1. The van der Waals surface area contributed by atoms with E-state index in [-0.39, 0.29) is 0 Å². The van der Waals surface area contributed by atoms with E-state index < -0.39 is 6.09 Å². The molecule has 2 N–H and O–H groups in total. The predicted octanol–water partition coefficient (Wildman–Crippen LogP) is 2.10. The zero-order valence-electron chi connectivity index (χ0n) is 6.96. The van der Waals surface area contributed by atoms with Gasteiger partial charge in [-0.05, 0) is 46.7 Å². The van der Waals surface area contributed by atoms with E-state index in [4.69, 9.17) is 5.11 Å². The van der Waals surface area contributed by atoms with Gasteiger partial charge in [-0.25, -0.2) is 4.79 Å². The first-order valence-corrected chi connectivity index (χ1v) is 4.97. The van der Waals surface area contributed by atoms with Crippen molar-refractivity contribution in [2.75, 3.05) is 6.54 Å². The van der Waals surface area contributed by atoms with Crippen LogP contribution in [0.3, 0.4) is 0 Å². The summed E-state index contributed by atoms with van der Waals surface area (Å²) in [5, 5.41) is 10.7. The molecule has 0 bridgehead atoms. The van der Waals surface area contributed by atoms with Gasteiger partial charge >= 0.3 is 6.09 Å². The number of amides is 1. The molecule has 0 radical (unpaired) electrons. The fourth-order valence-corrected chi connectivity index (χ4v) is 1.61. The van der Waals surface area contributed by atoms with Crippen molar-refractivity contribution in [3.8, 4) is 0 Å². The van der Waals surface area contributed by atoms with Gasteiger partial charge in [-0.1, -0.05) is 12.1 Å². The molecule has 0 saturated carbocycles. The van der Waals surface area contributed by atoms with Crippen LogP contribution in [0, 0.1) is 3.57 Å². The van der Waals surface area contributed by atoms with Crippen LogP contribution in [0.2, 0.25) is 0 Å². The second-order valence-corrected chi connectivity index (χ2v) is 3.86. The van der Waals surface area contributed by atoms with E-state index in [9.17, 15) is 4.79 Å². The standard InChI is InChI=1S/C9H10INO2/c10-8-3-1-2-7(6-8)4-5-11-9(12)13/h1-3,6,11H,4-5H2,(H,12,13). The molecule has 3 nitrogen and oxygen atoms in total. The normalized spacial score (nSPS) is 9.62. The molecule has 1 rings (SSSR count). The Kier molecular flexibility index (Phi) is 4.01. The van der Waals surface area contributed by atoms with Crippen molar-refractivity contribution in [3.63, 3.8) is 0 Å². The molecule has 70 valence electrons. The zero-order valence-corrected chi connectivity index (χ0v) is 9.11. The van der Waals surface area contributed by atoms with Gasteiger partial charge in [0.2, 0.25) is 0 Å². The van der Waals surface area contributed by atoms with E-state index in [1.165, 1.54) is 3.57 Å². The molecular weight excluding hydrogens is 281 g/mol. The average Bonchev–Trinajstić information content (AvgIpc) is 2.03. The summed E-state index contributed by atoms with van der Waals surface area (Å²) < 4.78 is 1.17. The van der Waals surface area contributed by atoms with Gasteiger partial charge in [0.1, 0.15) is 0 Å². The van der Waals surface area contributed by atoms with Crippen LogP contribution >= 0.6 is 22.6 Å². The number of hydrogen-bond donors (Lipinski definition) is 2. The second-order valence-electron chi connectivity index (χ2n) is 2.61. The Bertz CT molecular complexity index is 301. The first-order chi connectivity index (χ1) is 6.18. The largest absolute Gasteiger partial charge is 0.465 e. The third-order valence-corrected chi connectivity index (χ3v) is 2.25. The maximum atomic E-state index is 10.1. The summed E-state index contributed by atoms with van der Waals surface area (Å²) >= 11 is 2.23. The Morgan fingerprint density at radius 1 is 1.54 bits per heavy atom. The number of rotatable bonds is 3. The number of carboxylic acid groups (broad SMARTS) is 1. The Hall–Kier alpha value is -0.780. The minimum absolute atomic E-state index is 0.468. The topological polar surface area (TPSA) is 49.3 Å². The highest BCUT2D eigenvalue weighted by molar-refractivity contribution is 14.1. The summed E-state index contributed by atoms with van der Waals surface area (Å²) in [6.07, 6.45) is -0.228. The van der Waals surface area contributed by atoms with E-state index >= 15 is 0 Å². The van der Waals surface area contributed by atoms with Crippen molar-refractivity contribution in [3.05, 3.63) is 33.4 Å². The maximum absolute atomic E-state index is 10.1. The van der Waals surface area contributed by atoms with Crippen LogP contribution < -0.4 is 5.32 Å². The van der Waals surface area contributed by atoms with Gasteiger partial charge in [-0.3, -0.25) is 0 Å². The van der Waals surface area contributed by atoms with Gasteiger partial charge < -0.3 is 10.4 Å². The summed E-state index contributed by atoms with van der Waals surface area (Å²) in [5.74, 6) is 0. The fraction of sp³-hybridized carbons (Fsp3) is 0.222. The van der Waals surface area contributed by atoms with Gasteiger partial charge in [-0.2, -0.15) is 0 Å². The number of carbonyl (C=O) groups is 1. The van der Waals surface area contributed by atoms with Crippen molar-refractivity contribution < 1.29 is 9.90 Å². The molecule has 0 atom stereocenters. The summed E-state index contributed by atoms with van der Waals surface area (Å²) in [6, 6.07) is 8.02. The Morgan fingerprint density at radius 3 is 2.92 bits per heavy atom. The van der Waals surface area contributed by atoms with Crippen molar-refractivity contribution >= 4 is 28.7 Å². The van der Waals surface area contributed by atoms with Crippen LogP contribution in [0.25, 0.3) is 0 Å². The van der Waals surface area contributed by atoms with Crippen molar-refractivity contribution in [2.45, 2.75) is 6.42 Å². The van der Waals surface area contributed by atoms with Gasteiger partial charge in [0.15, 0.2) is 0 Å². The lowest BCUT2D eigenvalue weighted by atomic mass is 10.1. The number of nitrogens with one attached hydrogen (secondary N) is 1. The maximum Gasteiger partial charge on any atom is 0.404 e. The first-order valence-electron chi connectivity index (χ1n) is 3.90. The molecule has 1 aromatic rings.